The second kappa shape index (κ2) is 5.18. The molecular formula is C11H13ClN6S. The molecule has 100 valence electrons. The third kappa shape index (κ3) is 2.43. The van der Waals surface area contributed by atoms with Gasteiger partial charge >= 0.3 is 0 Å². The van der Waals surface area contributed by atoms with E-state index < -0.39 is 0 Å². The fraction of sp³-hybridized carbons (Fsp3) is 0.364. The topological polar surface area (TPSA) is 71.2 Å². The summed E-state index contributed by atoms with van der Waals surface area (Å²) in [5.74, 6) is 1.04. The molecular weight excluding hydrogens is 284 g/mol. The lowest BCUT2D eigenvalue weighted by Crippen LogP contribution is -2.47. The van der Waals surface area contributed by atoms with Crippen LogP contribution in [0.3, 0.4) is 0 Å². The Kier molecular flexibility index (Phi) is 3.39. The Balaban J connectivity index is 1.72. The van der Waals surface area contributed by atoms with E-state index in [4.69, 9.17) is 17.3 Å². The number of thiazole rings is 1. The zero-order chi connectivity index (χ0) is 13.2. The minimum atomic E-state index is 0.328. The van der Waals surface area contributed by atoms with Gasteiger partial charge < -0.3 is 15.5 Å². The Morgan fingerprint density at radius 3 is 2.53 bits per heavy atom. The molecule has 2 N–H and O–H groups in total. The number of anilines is 3. The van der Waals surface area contributed by atoms with Crippen molar-refractivity contribution < 1.29 is 0 Å². The largest absolute Gasteiger partial charge is 0.382 e. The summed E-state index contributed by atoms with van der Waals surface area (Å²) in [6.07, 6.45) is 3.28. The summed E-state index contributed by atoms with van der Waals surface area (Å²) >= 11 is 7.80. The summed E-state index contributed by atoms with van der Waals surface area (Å²) in [6, 6.07) is 0. The number of nitrogens with two attached hydrogens (primary N) is 1. The Morgan fingerprint density at radius 2 is 1.84 bits per heavy atom. The predicted octanol–water partition coefficient (Wildman–Crippen LogP) is 1.50. The summed E-state index contributed by atoms with van der Waals surface area (Å²) in [4.78, 5) is 16.8. The van der Waals surface area contributed by atoms with Crippen LogP contribution in [0, 0.1) is 0 Å². The lowest BCUT2D eigenvalue weighted by molar-refractivity contribution is 0.645. The minimum absolute atomic E-state index is 0.328. The van der Waals surface area contributed by atoms with Crippen molar-refractivity contribution in [2.45, 2.75) is 0 Å². The second-order valence-electron chi connectivity index (χ2n) is 4.19. The van der Waals surface area contributed by atoms with Crippen molar-refractivity contribution in [2.24, 2.45) is 0 Å². The van der Waals surface area contributed by atoms with Gasteiger partial charge in [-0.05, 0) is 0 Å². The Bertz CT molecular complexity index is 552. The molecule has 0 saturated carbocycles. The fourth-order valence-corrected chi connectivity index (χ4v) is 2.99. The van der Waals surface area contributed by atoms with Gasteiger partial charge in [0.1, 0.15) is 17.2 Å². The van der Waals surface area contributed by atoms with Crippen LogP contribution < -0.4 is 15.5 Å². The van der Waals surface area contributed by atoms with Crippen LogP contribution in [0.1, 0.15) is 0 Å². The van der Waals surface area contributed by atoms with Crippen LogP contribution in [0.5, 0.6) is 0 Å². The van der Waals surface area contributed by atoms with Gasteiger partial charge in [0.05, 0.1) is 0 Å². The Hall–Kier alpha value is -1.60. The average Bonchev–Trinajstić information content (AvgIpc) is 2.96. The maximum Gasteiger partial charge on any atom is 0.185 e. The van der Waals surface area contributed by atoms with Crippen LogP contribution >= 0.6 is 22.9 Å². The molecule has 1 aliphatic rings. The molecule has 2 aromatic heterocycles. The molecule has 1 saturated heterocycles. The van der Waals surface area contributed by atoms with E-state index in [2.05, 4.69) is 24.8 Å². The highest BCUT2D eigenvalue weighted by molar-refractivity contribution is 7.13. The molecule has 3 rings (SSSR count). The van der Waals surface area contributed by atoms with Crippen LogP contribution in [0.25, 0.3) is 0 Å². The third-order valence-corrected chi connectivity index (χ3v) is 4.26. The van der Waals surface area contributed by atoms with Crippen molar-refractivity contribution in [3.63, 3.8) is 0 Å². The fourth-order valence-electron chi connectivity index (χ4n) is 2.08. The first-order valence-electron chi connectivity index (χ1n) is 5.91. The summed E-state index contributed by atoms with van der Waals surface area (Å²) in [5, 5.41) is 3.49. The zero-order valence-electron chi connectivity index (χ0n) is 10.2. The lowest BCUT2D eigenvalue weighted by atomic mass is 10.3. The van der Waals surface area contributed by atoms with Crippen LogP contribution in [0.4, 0.5) is 16.8 Å². The van der Waals surface area contributed by atoms with Gasteiger partial charge in [-0.2, -0.15) is 0 Å². The molecule has 0 radical (unpaired) electrons. The molecule has 8 heteroatoms. The summed E-state index contributed by atoms with van der Waals surface area (Å²) < 4.78 is 0. The number of nitrogens with zero attached hydrogens (tertiary/aromatic N) is 5. The number of nitrogen functional groups attached to an aromatic ring is 1. The van der Waals surface area contributed by atoms with Crippen LogP contribution in [-0.2, 0) is 0 Å². The molecule has 0 spiro atoms. The molecule has 0 aromatic carbocycles. The highest BCUT2D eigenvalue weighted by atomic mass is 35.5. The highest BCUT2D eigenvalue weighted by Gasteiger charge is 2.22. The monoisotopic (exact) mass is 296 g/mol. The van der Waals surface area contributed by atoms with Crippen LogP contribution in [0.2, 0.25) is 5.02 Å². The van der Waals surface area contributed by atoms with Gasteiger partial charge in [-0.25, -0.2) is 15.0 Å². The van der Waals surface area contributed by atoms with Gasteiger partial charge in [-0.15, -0.1) is 11.3 Å². The Labute approximate surface area is 119 Å². The smallest absolute Gasteiger partial charge is 0.185 e. The standard InChI is InChI=1S/C11H13ClN6S/c12-8-9(13)15-7-16-10(8)17-2-4-18(5-3-17)11-14-1-6-19-11/h1,6-7H,2-5H2,(H2,13,15,16). The first-order valence-corrected chi connectivity index (χ1v) is 7.17. The number of aromatic nitrogens is 3. The Morgan fingerprint density at radius 1 is 1.11 bits per heavy atom. The number of piperazine rings is 1. The number of rotatable bonds is 2. The molecule has 0 bridgehead atoms. The highest BCUT2D eigenvalue weighted by Crippen LogP contribution is 2.28. The quantitative estimate of drug-likeness (QED) is 0.905. The van der Waals surface area contributed by atoms with E-state index in [1.54, 1.807) is 11.3 Å². The predicted molar refractivity (Wildman–Crippen MR) is 78.0 cm³/mol. The van der Waals surface area contributed by atoms with E-state index in [0.29, 0.717) is 16.7 Å². The van der Waals surface area contributed by atoms with Gasteiger partial charge in [0.15, 0.2) is 10.9 Å². The summed E-state index contributed by atoms with van der Waals surface area (Å²) in [6.45, 7) is 3.48. The maximum atomic E-state index is 6.15. The first kappa shape index (κ1) is 12.4. The lowest BCUT2D eigenvalue weighted by Gasteiger charge is -2.35. The van der Waals surface area contributed by atoms with Gasteiger partial charge in [0.2, 0.25) is 0 Å². The molecule has 1 fully saturated rings. The molecule has 0 atom stereocenters. The molecule has 1 aliphatic heterocycles. The van der Waals surface area contributed by atoms with Crippen LogP contribution in [-0.4, -0.2) is 41.1 Å². The molecule has 0 unspecified atom stereocenters. The summed E-state index contributed by atoms with van der Waals surface area (Å²) in [7, 11) is 0. The molecule has 2 aromatic rings. The van der Waals surface area contributed by atoms with Gasteiger partial charge in [0, 0.05) is 37.8 Å². The van der Waals surface area contributed by atoms with E-state index in [-0.39, 0.29) is 0 Å². The van der Waals surface area contributed by atoms with E-state index in [0.717, 1.165) is 31.3 Å². The number of hydrogen-bond acceptors (Lipinski definition) is 7. The van der Waals surface area contributed by atoms with E-state index in [1.807, 2.05) is 11.6 Å². The normalized spacial score (nSPS) is 15.8. The van der Waals surface area contributed by atoms with Gasteiger partial charge in [0.25, 0.3) is 0 Å². The van der Waals surface area contributed by atoms with E-state index >= 15 is 0 Å². The summed E-state index contributed by atoms with van der Waals surface area (Å²) in [5.41, 5.74) is 5.70. The number of hydrogen-bond donors (Lipinski definition) is 1. The van der Waals surface area contributed by atoms with Crippen LogP contribution in [0.15, 0.2) is 17.9 Å². The SMILES string of the molecule is Nc1ncnc(N2CCN(c3nccs3)CC2)c1Cl. The average molecular weight is 297 g/mol. The van der Waals surface area contributed by atoms with Crippen molar-refractivity contribution in [1.29, 1.82) is 0 Å². The van der Waals surface area contributed by atoms with E-state index in [1.165, 1.54) is 6.33 Å². The molecule has 19 heavy (non-hydrogen) atoms. The van der Waals surface area contributed by atoms with Crippen molar-refractivity contribution in [3.05, 3.63) is 22.9 Å². The van der Waals surface area contributed by atoms with Crippen molar-refractivity contribution in [3.8, 4) is 0 Å². The molecule has 3 heterocycles. The second-order valence-corrected chi connectivity index (χ2v) is 5.44. The van der Waals surface area contributed by atoms with Gasteiger partial charge in [-0.3, -0.25) is 0 Å². The maximum absolute atomic E-state index is 6.15. The van der Waals surface area contributed by atoms with Gasteiger partial charge in [-0.1, -0.05) is 11.6 Å². The minimum Gasteiger partial charge on any atom is -0.382 e. The molecule has 6 nitrogen and oxygen atoms in total. The third-order valence-electron chi connectivity index (χ3n) is 3.07. The molecule has 0 aliphatic carbocycles. The van der Waals surface area contributed by atoms with Crippen molar-refractivity contribution in [2.75, 3.05) is 41.7 Å². The van der Waals surface area contributed by atoms with Crippen molar-refractivity contribution >= 4 is 39.7 Å². The number of halogens is 1. The first-order chi connectivity index (χ1) is 9.25. The van der Waals surface area contributed by atoms with E-state index in [9.17, 15) is 0 Å². The van der Waals surface area contributed by atoms with Crippen molar-refractivity contribution in [1.82, 2.24) is 15.0 Å². The zero-order valence-corrected chi connectivity index (χ0v) is 11.7. The molecule has 0 amide bonds.